The minimum atomic E-state index is -0.310. The number of anilines is 1. The van der Waals surface area contributed by atoms with Crippen molar-refractivity contribution in [3.8, 4) is 11.5 Å². The molecule has 7 heteroatoms. The number of aromatic nitrogens is 4. The average Bonchev–Trinajstić information content (AvgIpc) is 3.06. The highest BCUT2D eigenvalue weighted by Crippen LogP contribution is 2.22. The molecule has 0 fully saturated rings. The molecule has 1 N–H and O–H groups in total. The first kappa shape index (κ1) is 15.8. The first-order valence-electron chi connectivity index (χ1n) is 7.57. The van der Waals surface area contributed by atoms with Crippen molar-refractivity contribution in [1.82, 2.24) is 20.1 Å². The second-order valence-corrected chi connectivity index (χ2v) is 5.69. The van der Waals surface area contributed by atoms with Crippen molar-refractivity contribution < 1.29 is 9.32 Å². The minimum Gasteiger partial charge on any atom is -0.334 e. The third kappa shape index (κ3) is 3.45. The number of carbonyl (C=O) groups excluding carboxylic acids is 1. The molecule has 122 valence electrons. The second-order valence-electron chi connectivity index (χ2n) is 5.69. The minimum absolute atomic E-state index is 0.205. The van der Waals surface area contributed by atoms with Gasteiger partial charge < -0.3 is 9.84 Å². The summed E-state index contributed by atoms with van der Waals surface area (Å²) in [5.41, 5.74) is 2.47. The summed E-state index contributed by atoms with van der Waals surface area (Å²) in [6, 6.07) is 7.17. The van der Waals surface area contributed by atoms with Crippen LogP contribution in [0, 0.1) is 6.92 Å². The average molecular weight is 323 g/mol. The van der Waals surface area contributed by atoms with Crippen LogP contribution in [0.15, 0.2) is 41.2 Å². The van der Waals surface area contributed by atoms with Gasteiger partial charge in [0, 0.05) is 23.4 Å². The number of aryl methyl sites for hydroxylation is 1. The predicted molar refractivity (Wildman–Crippen MR) is 88.5 cm³/mol. The van der Waals surface area contributed by atoms with Crippen LogP contribution in [0.2, 0.25) is 0 Å². The van der Waals surface area contributed by atoms with Crippen LogP contribution in [0.5, 0.6) is 0 Å². The summed E-state index contributed by atoms with van der Waals surface area (Å²) < 4.78 is 5.25. The molecule has 0 radical (unpaired) electrons. The normalized spacial score (nSPS) is 10.8. The van der Waals surface area contributed by atoms with Crippen molar-refractivity contribution in [3.05, 3.63) is 53.9 Å². The number of rotatable bonds is 4. The molecule has 1 amide bonds. The molecule has 0 spiro atoms. The molecule has 1 aromatic carbocycles. The van der Waals surface area contributed by atoms with E-state index < -0.39 is 0 Å². The largest absolute Gasteiger partial charge is 0.334 e. The fourth-order valence-electron chi connectivity index (χ4n) is 1.99. The summed E-state index contributed by atoms with van der Waals surface area (Å²) in [7, 11) is 0. The SMILES string of the molecule is Cc1cnc(C(=O)Nc2ccc(-c3nc(C(C)C)no3)cc2)cn1. The Morgan fingerprint density at radius 3 is 2.46 bits per heavy atom. The third-order valence-electron chi connectivity index (χ3n) is 3.36. The summed E-state index contributed by atoms with van der Waals surface area (Å²) in [5.74, 6) is 1.02. The van der Waals surface area contributed by atoms with Crippen LogP contribution >= 0.6 is 0 Å². The Morgan fingerprint density at radius 1 is 1.12 bits per heavy atom. The zero-order valence-corrected chi connectivity index (χ0v) is 13.6. The van der Waals surface area contributed by atoms with Gasteiger partial charge in [-0.05, 0) is 31.2 Å². The van der Waals surface area contributed by atoms with E-state index in [0.717, 1.165) is 11.3 Å². The van der Waals surface area contributed by atoms with Crippen molar-refractivity contribution in [2.45, 2.75) is 26.7 Å². The van der Waals surface area contributed by atoms with Crippen molar-refractivity contribution in [1.29, 1.82) is 0 Å². The molecular weight excluding hydrogens is 306 g/mol. The maximum atomic E-state index is 12.1. The monoisotopic (exact) mass is 323 g/mol. The highest BCUT2D eigenvalue weighted by molar-refractivity contribution is 6.02. The Kier molecular flexibility index (Phi) is 4.33. The van der Waals surface area contributed by atoms with Gasteiger partial charge in [-0.1, -0.05) is 19.0 Å². The lowest BCUT2D eigenvalue weighted by atomic mass is 10.2. The van der Waals surface area contributed by atoms with Crippen molar-refractivity contribution in [3.63, 3.8) is 0 Å². The molecule has 0 saturated carbocycles. The van der Waals surface area contributed by atoms with E-state index in [4.69, 9.17) is 4.52 Å². The van der Waals surface area contributed by atoms with Gasteiger partial charge in [-0.2, -0.15) is 4.98 Å². The molecule has 0 aliphatic heterocycles. The number of carbonyl (C=O) groups is 1. The van der Waals surface area contributed by atoms with E-state index >= 15 is 0 Å². The summed E-state index contributed by atoms with van der Waals surface area (Å²) in [4.78, 5) is 24.6. The van der Waals surface area contributed by atoms with E-state index in [-0.39, 0.29) is 17.5 Å². The lowest BCUT2D eigenvalue weighted by molar-refractivity contribution is 0.102. The zero-order chi connectivity index (χ0) is 17.1. The smallest absolute Gasteiger partial charge is 0.275 e. The number of hydrogen-bond donors (Lipinski definition) is 1. The molecule has 0 aliphatic carbocycles. The van der Waals surface area contributed by atoms with Crippen LogP contribution in [0.25, 0.3) is 11.5 Å². The summed E-state index contributed by atoms with van der Waals surface area (Å²) in [6.45, 7) is 5.82. The Bertz CT molecular complexity index is 838. The maximum absolute atomic E-state index is 12.1. The van der Waals surface area contributed by atoms with Crippen LogP contribution in [-0.4, -0.2) is 26.0 Å². The van der Waals surface area contributed by atoms with Gasteiger partial charge in [0.2, 0.25) is 0 Å². The molecule has 7 nitrogen and oxygen atoms in total. The molecule has 3 rings (SSSR count). The Labute approximate surface area is 139 Å². The molecule has 0 atom stereocenters. The molecule has 3 aromatic rings. The molecule has 0 saturated heterocycles. The highest BCUT2D eigenvalue weighted by Gasteiger charge is 2.12. The number of nitrogens with one attached hydrogen (secondary N) is 1. The number of amides is 1. The fraction of sp³-hybridized carbons (Fsp3) is 0.235. The van der Waals surface area contributed by atoms with Gasteiger partial charge in [-0.3, -0.25) is 9.78 Å². The maximum Gasteiger partial charge on any atom is 0.275 e. The molecule has 0 unspecified atom stereocenters. The molecule has 2 aromatic heterocycles. The van der Waals surface area contributed by atoms with Gasteiger partial charge in [-0.25, -0.2) is 4.98 Å². The number of benzene rings is 1. The van der Waals surface area contributed by atoms with E-state index in [9.17, 15) is 4.79 Å². The summed E-state index contributed by atoms with van der Waals surface area (Å²) in [5, 5.41) is 6.71. The van der Waals surface area contributed by atoms with Gasteiger partial charge in [0.15, 0.2) is 5.82 Å². The fourth-order valence-corrected chi connectivity index (χ4v) is 1.99. The predicted octanol–water partition coefficient (Wildman–Crippen LogP) is 3.21. The lowest BCUT2D eigenvalue weighted by Crippen LogP contribution is -2.14. The van der Waals surface area contributed by atoms with Crippen LogP contribution < -0.4 is 5.32 Å². The highest BCUT2D eigenvalue weighted by atomic mass is 16.5. The van der Waals surface area contributed by atoms with E-state index in [1.165, 1.54) is 6.20 Å². The first-order chi connectivity index (χ1) is 11.5. The van der Waals surface area contributed by atoms with Crippen LogP contribution in [-0.2, 0) is 0 Å². The van der Waals surface area contributed by atoms with Gasteiger partial charge in [0.05, 0.1) is 11.9 Å². The van der Waals surface area contributed by atoms with Crippen LogP contribution in [0.1, 0.15) is 41.8 Å². The number of nitrogens with zero attached hydrogens (tertiary/aromatic N) is 4. The standard InChI is InChI=1S/C17H17N5O2/c1-10(2)15-21-17(24-22-15)12-4-6-13(7-5-12)20-16(23)14-9-18-11(3)8-19-14/h4-10H,1-3H3,(H,20,23). The number of hydrogen-bond acceptors (Lipinski definition) is 6. The van der Waals surface area contributed by atoms with E-state index in [1.54, 1.807) is 18.3 Å². The molecular formula is C17H17N5O2. The topological polar surface area (TPSA) is 93.8 Å². The second kappa shape index (κ2) is 6.57. The molecule has 0 aliphatic rings. The Hall–Kier alpha value is -3.09. The van der Waals surface area contributed by atoms with Gasteiger partial charge in [-0.15, -0.1) is 0 Å². The van der Waals surface area contributed by atoms with Gasteiger partial charge in [0.25, 0.3) is 11.8 Å². The quantitative estimate of drug-likeness (QED) is 0.792. The van der Waals surface area contributed by atoms with Gasteiger partial charge in [0.1, 0.15) is 5.69 Å². The van der Waals surface area contributed by atoms with Crippen LogP contribution in [0.4, 0.5) is 5.69 Å². The van der Waals surface area contributed by atoms with E-state index in [1.807, 2.05) is 32.9 Å². The van der Waals surface area contributed by atoms with Crippen LogP contribution in [0.3, 0.4) is 0 Å². The molecule has 24 heavy (non-hydrogen) atoms. The Balaban J connectivity index is 1.72. The third-order valence-corrected chi connectivity index (χ3v) is 3.36. The lowest BCUT2D eigenvalue weighted by Gasteiger charge is -2.05. The zero-order valence-electron chi connectivity index (χ0n) is 13.6. The van der Waals surface area contributed by atoms with Crippen molar-refractivity contribution in [2.24, 2.45) is 0 Å². The Morgan fingerprint density at radius 2 is 1.88 bits per heavy atom. The molecule has 0 bridgehead atoms. The van der Waals surface area contributed by atoms with E-state index in [0.29, 0.717) is 17.4 Å². The first-order valence-corrected chi connectivity index (χ1v) is 7.57. The van der Waals surface area contributed by atoms with Crippen molar-refractivity contribution >= 4 is 11.6 Å². The van der Waals surface area contributed by atoms with E-state index in [2.05, 4.69) is 25.4 Å². The summed E-state index contributed by atoms with van der Waals surface area (Å²) in [6.07, 6.45) is 3.00. The van der Waals surface area contributed by atoms with Gasteiger partial charge >= 0.3 is 0 Å². The van der Waals surface area contributed by atoms with Crippen molar-refractivity contribution in [2.75, 3.05) is 5.32 Å². The summed E-state index contributed by atoms with van der Waals surface area (Å²) >= 11 is 0. The molecule has 2 heterocycles.